The van der Waals surface area contributed by atoms with Crippen molar-refractivity contribution >= 4 is 35.6 Å². The summed E-state index contributed by atoms with van der Waals surface area (Å²) >= 11 is 0. The number of rotatable bonds is 8. The van der Waals surface area contributed by atoms with Crippen molar-refractivity contribution in [3.63, 3.8) is 0 Å². The lowest BCUT2D eigenvalue weighted by Gasteiger charge is -2.18. The summed E-state index contributed by atoms with van der Waals surface area (Å²) in [6, 6.07) is 10.4. The van der Waals surface area contributed by atoms with Gasteiger partial charge in [-0.05, 0) is 25.0 Å². The summed E-state index contributed by atoms with van der Waals surface area (Å²) in [7, 11) is 2.10. The highest BCUT2D eigenvalue weighted by Crippen LogP contribution is 2.10. The molecule has 0 radical (unpaired) electrons. The van der Waals surface area contributed by atoms with E-state index in [0.29, 0.717) is 5.96 Å². The van der Waals surface area contributed by atoms with Crippen molar-refractivity contribution in [3.05, 3.63) is 30.3 Å². The molecular weight excluding hydrogens is 363 g/mol. The number of aliphatic imine (C=N–C) groups is 1. The number of unbranched alkanes of at least 4 members (excludes halogenated alkanes) is 1. The van der Waals surface area contributed by atoms with E-state index in [1.807, 2.05) is 6.07 Å². The summed E-state index contributed by atoms with van der Waals surface area (Å²) in [4.78, 5) is 6.55. The first-order chi connectivity index (χ1) is 9.24. The van der Waals surface area contributed by atoms with Crippen molar-refractivity contribution in [2.24, 2.45) is 10.7 Å². The molecule has 0 saturated heterocycles. The number of anilines is 1. The average Bonchev–Trinajstić information content (AvgIpc) is 2.44. The van der Waals surface area contributed by atoms with Crippen LogP contribution in [0.5, 0.6) is 0 Å². The van der Waals surface area contributed by atoms with Crippen LogP contribution >= 0.6 is 24.0 Å². The molecular formula is C15H27IN4. The summed E-state index contributed by atoms with van der Waals surface area (Å²) in [5, 5.41) is 3.12. The van der Waals surface area contributed by atoms with Crippen LogP contribution in [0.25, 0.3) is 0 Å². The van der Waals surface area contributed by atoms with Crippen molar-refractivity contribution in [1.29, 1.82) is 0 Å². The monoisotopic (exact) mass is 390 g/mol. The maximum Gasteiger partial charge on any atom is 0.188 e. The number of nitrogens with one attached hydrogen (secondary N) is 1. The molecule has 0 spiro atoms. The number of guanidine groups is 1. The van der Waals surface area contributed by atoms with Crippen molar-refractivity contribution in [2.75, 3.05) is 31.6 Å². The van der Waals surface area contributed by atoms with Gasteiger partial charge in [-0.2, -0.15) is 0 Å². The minimum atomic E-state index is 0. The number of benzene rings is 1. The van der Waals surface area contributed by atoms with Crippen LogP contribution in [-0.2, 0) is 0 Å². The molecule has 0 bridgehead atoms. The van der Waals surface area contributed by atoms with Gasteiger partial charge in [0.25, 0.3) is 0 Å². The van der Waals surface area contributed by atoms with Crippen LogP contribution < -0.4 is 16.0 Å². The first kappa shape index (κ1) is 19.0. The highest BCUT2D eigenvalue weighted by molar-refractivity contribution is 14.0. The largest absolute Gasteiger partial charge is 0.375 e. The molecule has 0 amide bonds. The lowest BCUT2D eigenvalue weighted by molar-refractivity contribution is 0.742. The molecule has 0 atom stereocenters. The topological polar surface area (TPSA) is 53.6 Å². The van der Waals surface area contributed by atoms with E-state index in [-0.39, 0.29) is 24.0 Å². The second kappa shape index (κ2) is 11.8. The van der Waals surface area contributed by atoms with Gasteiger partial charge in [0, 0.05) is 32.4 Å². The molecule has 1 rings (SSSR count). The number of hydrogen-bond donors (Lipinski definition) is 2. The zero-order valence-corrected chi connectivity index (χ0v) is 14.8. The van der Waals surface area contributed by atoms with Gasteiger partial charge in [-0.1, -0.05) is 31.5 Å². The molecule has 0 saturated carbocycles. The molecule has 1 aromatic carbocycles. The maximum atomic E-state index is 5.77. The summed E-state index contributed by atoms with van der Waals surface area (Å²) in [5.74, 6) is 0.566. The van der Waals surface area contributed by atoms with Gasteiger partial charge in [-0.3, -0.25) is 4.99 Å². The summed E-state index contributed by atoms with van der Waals surface area (Å²) in [6.45, 7) is 4.82. The third kappa shape index (κ3) is 8.24. The molecule has 20 heavy (non-hydrogen) atoms. The third-order valence-electron chi connectivity index (χ3n) is 2.97. The van der Waals surface area contributed by atoms with E-state index in [4.69, 9.17) is 5.73 Å². The third-order valence-corrected chi connectivity index (χ3v) is 2.97. The van der Waals surface area contributed by atoms with E-state index >= 15 is 0 Å². The number of halogens is 1. The Kier molecular flexibility index (Phi) is 11.2. The Balaban J connectivity index is 0.00000361. The number of para-hydroxylation sites is 1. The smallest absolute Gasteiger partial charge is 0.188 e. The van der Waals surface area contributed by atoms with E-state index in [1.54, 1.807) is 0 Å². The van der Waals surface area contributed by atoms with Gasteiger partial charge in [0.1, 0.15) is 0 Å². The summed E-state index contributed by atoms with van der Waals surface area (Å²) in [6.07, 6.45) is 3.30. The van der Waals surface area contributed by atoms with Crippen LogP contribution in [0.15, 0.2) is 35.3 Å². The molecule has 0 heterocycles. The van der Waals surface area contributed by atoms with Crippen LogP contribution in [-0.4, -0.2) is 32.6 Å². The van der Waals surface area contributed by atoms with E-state index in [1.165, 1.54) is 12.1 Å². The normalized spacial score (nSPS) is 10.8. The highest BCUT2D eigenvalue weighted by Gasteiger charge is 1.98. The van der Waals surface area contributed by atoms with Crippen LogP contribution in [0.1, 0.15) is 26.2 Å². The number of nitrogens with zero attached hydrogens (tertiary/aromatic N) is 2. The van der Waals surface area contributed by atoms with Gasteiger partial charge in [-0.25, -0.2) is 0 Å². The average molecular weight is 390 g/mol. The Morgan fingerprint density at radius 2 is 1.95 bits per heavy atom. The quantitative estimate of drug-likeness (QED) is 0.311. The number of nitrogens with two attached hydrogens (primary N) is 1. The lowest BCUT2D eigenvalue weighted by atomic mass is 10.3. The zero-order valence-electron chi connectivity index (χ0n) is 12.5. The fourth-order valence-corrected chi connectivity index (χ4v) is 1.77. The molecule has 4 nitrogen and oxygen atoms in total. The van der Waals surface area contributed by atoms with E-state index in [2.05, 4.69) is 53.4 Å². The van der Waals surface area contributed by atoms with Crippen LogP contribution in [0.3, 0.4) is 0 Å². The van der Waals surface area contributed by atoms with Gasteiger partial charge in [-0.15, -0.1) is 24.0 Å². The first-order valence-corrected chi connectivity index (χ1v) is 7.04. The van der Waals surface area contributed by atoms with Gasteiger partial charge < -0.3 is 16.0 Å². The van der Waals surface area contributed by atoms with E-state index in [0.717, 1.165) is 32.5 Å². The molecule has 3 N–H and O–H groups in total. The Morgan fingerprint density at radius 3 is 2.60 bits per heavy atom. The number of hydrogen-bond acceptors (Lipinski definition) is 2. The SMILES string of the molecule is CCCCNC(N)=NCCCN(C)c1ccccc1.I. The fraction of sp³-hybridized carbons (Fsp3) is 0.533. The molecule has 0 aliphatic rings. The summed E-state index contributed by atoms with van der Waals surface area (Å²) in [5.41, 5.74) is 7.00. The van der Waals surface area contributed by atoms with Gasteiger partial charge >= 0.3 is 0 Å². The molecule has 0 aliphatic carbocycles. The molecule has 114 valence electrons. The fourth-order valence-electron chi connectivity index (χ4n) is 1.77. The van der Waals surface area contributed by atoms with E-state index in [9.17, 15) is 0 Å². The first-order valence-electron chi connectivity index (χ1n) is 7.04. The van der Waals surface area contributed by atoms with Gasteiger partial charge in [0.05, 0.1) is 0 Å². The Morgan fingerprint density at radius 1 is 1.25 bits per heavy atom. The van der Waals surface area contributed by atoms with Crippen molar-refractivity contribution < 1.29 is 0 Å². The zero-order chi connectivity index (χ0) is 13.9. The molecule has 0 aliphatic heterocycles. The molecule has 0 aromatic heterocycles. The minimum Gasteiger partial charge on any atom is -0.375 e. The van der Waals surface area contributed by atoms with Crippen molar-refractivity contribution in [1.82, 2.24) is 5.32 Å². The second-order valence-corrected chi connectivity index (χ2v) is 4.66. The van der Waals surface area contributed by atoms with Gasteiger partial charge in [0.15, 0.2) is 5.96 Å². The Hall–Kier alpha value is -0.980. The Bertz CT molecular complexity index is 367. The van der Waals surface area contributed by atoms with Crippen LogP contribution in [0, 0.1) is 0 Å². The van der Waals surface area contributed by atoms with E-state index < -0.39 is 0 Å². The van der Waals surface area contributed by atoms with Crippen LogP contribution in [0.2, 0.25) is 0 Å². The van der Waals surface area contributed by atoms with Crippen LogP contribution in [0.4, 0.5) is 5.69 Å². The predicted molar refractivity (Wildman–Crippen MR) is 99.1 cm³/mol. The second-order valence-electron chi connectivity index (χ2n) is 4.66. The maximum absolute atomic E-state index is 5.77. The highest BCUT2D eigenvalue weighted by atomic mass is 127. The molecule has 1 aromatic rings. The molecule has 0 unspecified atom stereocenters. The standard InChI is InChI=1S/C15H26N4.HI/c1-3-4-11-17-15(16)18-12-8-13-19(2)14-9-6-5-7-10-14;/h5-7,9-10H,3-4,8,11-13H2,1-2H3,(H3,16,17,18);1H. The van der Waals surface area contributed by atoms with Gasteiger partial charge in [0.2, 0.25) is 0 Å². The lowest BCUT2D eigenvalue weighted by Crippen LogP contribution is -2.32. The predicted octanol–water partition coefficient (Wildman–Crippen LogP) is 2.84. The molecule has 0 fully saturated rings. The van der Waals surface area contributed by atoms with Crippen molar-refractivity contribution in [3.8, 4) is 0 Å². The molecule has 5 heteroatoms. The van der Waals surface area contributed by atoms with Crippen molar-refractivity contribution in [2.45, 2.75) is 26.2 Å². The Labute approximate surface area is 139 Å². The minimum absolute atomic E-state index is 0. The summed E-state index contributed by atoms with van der Waals surface area (Å²) < 4.78 is 0.